The third-order valence-corrected chi connectivity index (χ3v) is 4.41. The number of hydrogen-bond acceptors (Lipinski definition) is 3. The Labute approximate surface area is 136 Å². The van der Waals surface area contributed by atoms with Crippen LogP contribution in [0.2, 0.25) is 0 Å². The summed E-state index contributed by atoms with van der Waals surface area (Å²) in [6.07, 6.45) is 13.3. The molecule has 0 aromatic rings. The van der Waals surface area contributed by atoms with Gasteiger partial charge in [0.15, 0.2) is 0 Å². The van der Waals surface area contributed by atoms with Gasteiger partial charge in [-0.2, -0.15) is 0 Å². The van der Waals surface area contributed by atoms with Gasteiger partial charge in [0.2, 0.25) is 0 Å². The predicted octanol–water partition coefficient (Wildman–Crippen LogP) is 5.11. The highest BCUT2D eigenvalue weighted by atomic mass is 16.5. The van der Waals surface area contributed by atoms with E-state index in [1.165, 1.54) is 44.9 Å². The Kier molecular flexibility index (Phi) is 10.0. The van der Waals surface area contributed by atoms with Crippen molar-refractivity contribution in [2.45, 2.75) is 97.4 Å². The lowest BCUT2D eigenvalue weighted by Gasteiger charge is -2.12. The molecule has 1 saturated heterocycles. The van der Waals surface area contributed by atoms with Crippen LogP contribution in [-0.4, -0.2) is 18.6 Å². The molecule has 0 bridgehead atoms. The molecule has 0 aliphatic carbocycles. The molecule has 1 aliphatic rings. The Bertz CT molecular complexity index is 349. The van der Waals surface area contributed by atoms with Gasteiger partial charge in [0.25, 0.3) is 0 Å². The van der Waals surface area contributed by atoms with Crippen molar-refractivity contribution in [1.29, 1.82) is 0 Å². The van der Waals surface area contributed by atoms with Crippen LogP contribution in [0.25, 0.3) is 0 Å². The smallest absolute Gasteiger partial charge is 0.335 e. The lowest BCUT2D eigenvalue weighted by molar-refractivity contribution is -0.138. The Morgan fingerprint density at radius 2 is 1.73 bits per heavy atom. The number of unbranched alkanes of at least 4 members (excludes halogenated alkanes) is 7. The maximum atomic E-state index is 12.2. The first kappa shape index (κ1) is 19.1. The number of hydrogen-bond donors (Lipinski definition) is 1. The number of nitrogens with one attached hydrogen (secondary N) is 1. The van der Waals surface area contributed by atoms with Gasteiger partial charge in [-0.05, 0) is 39.5 Å². The Morgan fingerprint density at radius 1 is 1.09 bits per heavy atom. The van der Waals surface area contributed by atoms with E-state index < -0.39 is 0 Å². The number of allylic oxidation sites excluding steroid dienone is 1. The third kappa shape index (κ3) is 7.33. The maximum Gasteiger partial charge on any atom is 0.335 e. The Hall–Kier alpha value is -0.990. The van der Waals surface area contributed by atoms with E-state index in [2.05, 4.69) is 19.2 Å². The van der Waals surface area contributed by atoms with Gasteiger partial charge in [-0.3, -0.25) is 0 Å². The highest BCUT2D eigenvalue weighted by Gasteiger charge is 2.22. The van der Waals surface area contributed by atoms with Crippen LogP contribution in [-0.2, 0) is 9.53 Å². The molecule has 1 atom stereocenters. The Balaban J connectivity index is 2.32. The average molecular weight is 309 g/mol. The summed E-state index contributed by atoms with van der Waals surface area (Å²) >= 11 is 0. The zero-order chi connectivity index (χ0) is 16.2. The van der Waals surface area contributed by atoms with Crippen LogP contribution in [0.3, 0.4) is 0 Å². The van der Waals surface area contributed by atoms with E-state index in [0.717, 1.165) is 37.0 Å². The normalized spacial score (nSPS) is 19.9. The molecule has 1 aliphatic heterocycles. The summed E-state index contributed by atoms with van der Waals surface area (Å²) in [5.41, 5.74) is 2.03. The minimum Gasteiger partial charge on any atom is -0.463 e. The molecule has 1 heterocycles. The second-order valence-corrected chi connectivity index (χ2v) is 6.49. The molecule has 1 N–H and O–H groups in total. The standard InChI is InChI=1S/C19H35NO2/c1-4-6-7-8-9-10-11-12-13-17(19(21)22-5-2)18-15-14-16(3)20-18/h16,20H,4-15H2,1-3H3/b18-17-. The molecule has 1 rings (SSSR count). The monoisotopic (exact) mass is 309 g/mol. The molecule has 0 aromatic carbocycles. The van der Waals surface area contributed by atoms with Gasteiger partial charge in [-0.15, -0.1) is 0 Å². The summed E-state index contributed by atoms with van der Waals surface area (Å²) in [5, 5.41) is 3.45. The van der Waals surface area contributed by atoms with Crippen LogP contribution in [0.1, 0.15) is 91.4 Å². The quantitative estimate of drug-likeness (QED) is 0.327. The molecule has 3 heteroatoms. The van der Waals surface area contributed by atoms with Crippen molar-refractivity contribution in [3.8, 4) is 0 Å². The molecule has 22 heavy (non-hydrogen) atoms. The molecule has 0 aromatic heterocycles. The van der Waals surface area contributed by atoms with Crippen LogP contribution < -0.4 is 5.32 Å². The molecule has 1 unspecified atom stereocenters. The SMILES string of the molecule is CCCCCCCCCC/C(C(=O)OCC)=C1\CCC(C)N1. The lowest BCUT2D eigenvalue weighted by Crippen LogP contribution is -2.20. The van der Waals surface area contributed by atoms with E-state index in [9.17, 15) is 4.79 Å². The van der Waals surface area contributed by atoms with Crippen LogP contribution in [0.15, 0.2) is 11.3 Å². The summed E-state index contributed by atoms with van der Waals surface area (Å²) in [5.74, 6) is -0.109. The van der Waals surface area contributed by atoms with Gasteiger partial charge in [0, 0.05) is 11.7 Å². The summed E-state index contributed by atoms with van der Waals surface area (Å²) < 4.78 is 5.24. The zero-order valence-electron chi connectivity index (χ0n) is 14.9. The molecule has 0 radical (unpaired) electrons. The molecule has 3 nitrogen and oxygen atoms in total. The highest BCUT2D eigenvalue weighted by Crippen LogP contribution is 2.23. The van der Waals surface area contributed by atoms with E-state index in [1.54, 1.807) is 0 Å². The predicted molar refractivity (Wildman–Crippen MR) is 92.7 cm³/mol. The van der Waals surface area contributed by atoms with Crippen molar-refractivity contribution >= 4 is 5.97 Å². The summed E-state index contributed by atoms with van der Waals surface area (Å²) in [6.45, 7) is 6.76. The largest absolute Gasteiger partial charge is 0.463 e. The fraction of sp³-hybridized carbons (Fsp3) is 0.842. The first-order valence-electron chi connectivity index (χ1n) is 9.34. The summed E-state index contributed by atoms with van der Waals surface area (Å²) in [4.78, 5) is 12.2. The summed E-state index contributed by atoms with van der Waals surface area (Å²) in [6, 6.07) is 0.484. The first-order chi connectivity index (χ1) is 10.7. The number of carbonyl (C=O) groups is 1. The van der Waals surface area contributed by atoms with Crippen molar-refractivity contribution in [3.05, 3.63) is 11.3 Å². The molecule has 128 valence electrons. The van der Waals surface area contributed by atoms with Crippen LogP contribution >= 0.6 is 0 Å². The lowest BCUT2D eigenvalue weighted by atomic mass is 10.0. The summed E-state index contributed by atoms with van der Waals surface area (Å²) in [7, 11) is 0. The minimum absolute atomic E-state index is 0.109. The van der Waals surface area contributed by atoms with Crippen LogP contribution in [0.5, 0.6) is 0 Å². The second-order valence-electron chi connectivity index (χ2n) is 6.49. The molecule has 0 amide bonds. The molecule has 1 fully saturated rings. The number of ether oxygens (including phenoxy) is 1. The van der Waals surface area contributed by atoms with Crippen molar-refractivity contribution in [2.75, 3.05) is 6.61 Å². The van der Waals surface area contributed by atoms with E-state index in [1.807, 2.05) is 6.92 Å². The topological polar surface area (TPSA) is 38.3 Å². The minimum atomic E-state index is -0.109. The van der Waals surface area contributed by atoms with E-state index in [4.69, 9.17) is 4.74 Å². The highest BCUT2D eigenvalue weighted by molar-refractivity contribution is 5.89. The van der Waals surface area contributed by atoms with Crippen molar-refractivity contribution in [2.24, 2.45) is 0 Å². The molecule has 0 saturated carbocycles. The Morgan fingerprint density at radius 3 is 2.27 bits per heavy atom. The van der Waals surface area contributed by atoms with Crippen molar-refractivity contribution in [1.82, 2.24) is 5.32 Å². The van der Waals surface area contributed by atoms with Gasteiger partial charge >= 0.3 is 5.97 Å². The first-order valence-corrected chi connectivity index (χ1v) is 9.34. The van der Waals surface area contributed by atoms with Gasteiger partial charge in [0.05, 0.1) is 12.2 Å². The number of rotatable bonds is 11. The van der Waals surface area contributed by atoms with Gasteiger partial charge < -0.3 is 10.1 Å². The third-order valence-electron chi connectivity index (χ3n) is 4.41. The molecular weight excluding hydrogens is 274 g/mol. The fourth-order valence-electron chi connectivity index (χ4n) is 3.07. The second kappa shape index (κ2) is 11.6. The van der Waals surface area contributed by atoms with Crippen LogP contribution in [0, 0.1) is 0 Å². The maximum absolute atomic E-state index is 12.2. The van der Waals surface area contributed by atoms with Gasteiger partial charge in [-0.25, -0.2) is 4.79 Å². The van der Waals surface area contributed by atoms with E-state index >= 15 is 0 Å². The van der Waals surface area contributed by atoms with E-state index in [-0.39, 0.29) is 5.97 Å². The molecule has 0 spiro atoms. The van der Waals surface area contributed by atoms with Gasteiger partial charge in [-0.1, -0.05) is 51.9 Å². The fourth-order valence-corrected chi connectivity index (χ4v) is 3.07. The van der Waals surface area contributed by atoms with Crippen LogP contribution in [0.4, 0.5) is 0 Å². The molecular formula is C19H35NO2. The zero-order valence-corrected chi connectivity index (χ0v) is 14.9. The van der Waals surface area contributed by atoms with Crippen molar-refractivity contribution in [3.63, 3.8) is 0 Å². The van der Waals surface area contributed by atoms with Crippen molar-refractivity contribution < 1.29 is 9.53 Å². The van der Waals surface area contributed by atoms with Gasteiger partial charge in [0.1, 0.15) is 0 Å². The van der Waals surface area contributed by atoms with E-state index in [0.29, 0.717) is 12.6 Å². The number of carbonyl (C=O) groups excluding carboxylic acids is 1. The average Bonchev–Trinajstić information content (AvgIpc) is 2.92. The number of esters is 1.